The number of H-pyrrole nitrogens is 2. The highest BCUT2D eigenvalue weighted by atomic mass is 16.5. The number of nitrogens with two attached hydrogens (primary N) is 1. The number of anilines is 2. The second kappa shape index (κ2) is 13.2. The summed E-state index contributed by atoms with van der Waals surface area (Å²) < 4.78 is 5.30. The molecular weight excluding hydrogens is 482 g/mol. The van der Waals surface area contributed by atoms with Gasteiger partial charge in [-0.05, 0) is 36.4 Å². The number of aldehydes is 1. The average Bonchev–Trinajstić information content (AvgIpc) is 3.76. The standard InChI is InChI=1S/C12H13NO.C9H11N5.C6H9N3O/c1-13-10-7-6-9-4-3-5-12(14-2)11(9)8-10;1-2-4-14(3-1)9-7-8(11-5-10-7)12-6-13-9;7-5(3-10)1-6-2-8-4-9-6/h3-8,13H,1-2H3;5-6H,1-4H2,(H,10,11,12,13);2-5H,1,7H2,(H,8,9)/t;;5-/m..0/s1. The molecule has 1 aliphatic heterocycles. The summed E-state index contributed by atoms with van der Waals surface area (Å²) >= 11 is 0. The number of imidazole rings is 2. The molecular formula is C27H33N9O2. The number of fused-ring (bicyclic) bond motifs is 2. The molecule has 5 aromatic rings. The Kier molecular flexibility index (Phi) is 9.19. The van der Waals surface area contributed by atoms with Crippen LogP contribution in [0.5, 0.6) is 5.75 Å². The van der Waals surface area contributed by atoms with Gasteiger partial charge in [0.1, 0.15) is 23.9 Å². The summed E-state index contributed by atoms with van der Waals surface area (Å²) in [6.07, 6.45) is 10.2. The van der Waals surface area contributed by atoms with Crippen molar-refractivity contribution in [2.45, 2.75) is 25.3 Å². The number of hydrogen-bond acceptors (Lipinski definition) is 9. The Balaban J connectivity index is 0.000000135. The van der Waals surface area contributed by atoms with E-state index in [2.05, 4.69) is 64.4 Å². The second-order valence-electron chi connectivity index (χ2n) is 8.72. The third kappa shape index (κ3) is 6.62. The zero-order valence-corrected chi connectivity index (χ0v) is 21.6. The minimum Gasteiger partial charge on any atom is -0.496 e. The van der Waals surface area contributed by atoms with Gasteiger partial charge in [0.25, 0.3) is 0 Å². The number of rotatable bonds is 6. The van der Waals surface area contributed by atoms with E-state index in [-0.39, 0.29) is 0 Å². The van der Waals surface area contributed by atoms with Gasteiger partial charge < -0.3 is 35.4 Å². The highest BCUT2D eigenvalue weighted by Gasteiger charge is 2.17. The van der Waals surface area contributed by atoms with E-state index in [4.69, 9.17) is 10.5 Å². The van der Waals surface area contributed by atoms with Crippen LogP contribution in [0.15, 0.2) is 61.6 Å². The number of carbonyl (C=O) groups excluding carboxylic acids is 1. The Morgan fingerprint density at radius 2 is 1.97 bits per heavy atom. The van der Waals surface area contributed by atoms with Crippen LogP contribution in [0.3, 0.4) is 0 Å². The number of hydrogen-bond donors (Lipinski definition) is 4. The van der Waals surface area contributed by atoms with Gasteiger partial charge in [0.2, 0.25) is 0 Å². The normalized spacial score (nSPS) is 13.3. The third-order valence-electron chi connectivity index (χ3n) is 6.14. The maximum Gasteiger partial charge on any atom is 0.182 e. The molecule has 1 aliphatic rings. The summed E-state index contributed by atoms with van der Waals surface area (Å²) in [7, 11) is 3.61. The van der Waals surface area contributed by atoms with Gasteiger partial charge >= 0.3 is 0 Å². The molecule has 1 saturated heterocycles. The van der Waals surface area contributed by atoms with Gasteiger partial charge in [0.05, 0.1) is 25.8 Å². The van der Waals surface area contributed by atoms with E-state index in [1.54, 1.807) is 32.3 Å². The molecule has 0 aliphatic carbocycles. The van der Waals surface area contributed by atoms with Crippen LogP contribution in [0.4, 0.5) is 11.5 Å². The lowest BCUT2D eigenvalue weighted by Crippen LogP contribution is -2.24. The topological polar surface area (TPSA) is 151 Å². The predicted octanol–water partition coefficient (Wildman–Crippen LogP) is 3.32. The molecule has 0 amide bonds. The fourth-order valence-electron chi connectivity index (χ4n) is 4.20. The van der Waals surface area contributed by atoms with Crippen molar-refractivity contribution in [2.75, 3.05) is 37.5 Å². The fraction of sp³-hybridized carbons (Fsp3) is 0.296. The van der Waals surface area contributed by atoms with Crippen molar-refractivity contribution < 1.29 is 9.53 Å². The van der Waals surface area contributed by atoms with Crippen LogP contribution in [0.2, 0.25) is 0 Å². The maximum absolute atomic E-state index is 10.1. The Bertz CT molecular complexity index is 1430. The Morgan fingerprint density at radius 3 is 2.68 bits per heavy atom. The summed E-state index contributed by atoms with van der Waals surface area (Å²) in [5.41, 5.74) is 9.04. The number of aromatic amines is 2. The minimum absolute atomic E-state index is 0.416. The molecule has 0 spiro atoms. The molecule has 38 heavy (non-hydrogen) atoms. The van der Waals surface area contributed by atoms with Crippen molar-refractivity contribution in [3.63, 3.8) is 0 Å². The lowest BCUT2D eigenvalue weighted by molar-refractivity contribution is -0.108. The largest absolute Gasteiger partial charge is 0.496 e. The van der Waals surface area contributed by atoms with Crippen LogP contribution in [-0.4, -0.2) is 69.5 Å². The average molecular weight is 516 g/mol. The number of ether oxygens (including phenoxy) is 1. The zero-order chi connectivity index (χ0) is 26.7. The summed E-state index contributed by atoms with van der Waals surface area (Å²) in [5, 5.41) is 5.45. The third-order valence-corrected chi connectivity index (χ3v) is 6.14. The van der Waals surface area contributed by atoms with E-state index in [1.165, 1.54) is 18.2 Å². The second-order valence-corrected chi connectivity index (χ2v) is 8.72. The van der Waals surface area contributed by atoms with Gasteiger partial charge in [-0.1, -0.05) is 18.2 Å². The molecule has 198 valence electrons. The monoisotopic (exact) mass is 515 g/mol. The number of benzene rings is 2. The number of aromatic nitrogens is 6. The number of nitrogens with zero attached hydrogens (tertiary/aromatic N) is 5. The number of nitrogens with one attached hydrogen (secondary N) is 3. The van der Waals surface area contributed by atoms with E-state index in [9.17, 15) is 4.79 Å². The smallest absolute Gasteiger partial charge is 0.182 e. The van der Waals surface area contributed by atoms with Crippen molar-refractivity contribution in [1.82, 2.24) is 29.9 Å². The molecule has 0 radical (unpaired) electrons. The minimum atomic E-state index is -0.416. The molecule has 5 N–H and O–H groups in total. The lowest BCUT2D eigenvalue weighted by Gasteiger charge is -2.15. The van der Waals surface area contributed by atoms with Gasteiger partial charge in [-0.25, -0.2) is 19.9 Å². The fourth-order valence-corrected chi connectivity index (χ4v) is 4.20. The van der Waals surface area contributed by atoms with Gasteiger partial charge in [-0.3, -0.25) is 0 Å². The van der Waals surface area contributed by atoms with E-state index in [1.807, 2.05) is 19.2 Å². The van der Waals surface area contributed by atoms with Gasteiger partial charge in [-0.2, -0.15) is 0 Å². The van der Waals surface area contributed by atoms with Crippen LogP contribution in [0.25, 0.3) is 21.9 Å². The molecule has 0 bridgehead atoms. The van der Waals surface area contributed by atoms with Crippen molar-refractivity contribution in [3.05, 3.63) is 67.3 Å². The van der Waals surface area contributed by atoms with Crippen LogP contribution in [0, 0.1) is 0 Å². The number of methoxy groups -OCH3 is 1. The first-order valence-corrected chi connectivity index (χ1v) is 12.4. The first-order chi connectivity index (χ1) is 18.6. The van der Waals surface area contributed by atoms with Crippen molar-refractivity contribution in [1.29, 1.82) is 0 Å². The lowest BCUT2D eigenvalue weighted by atomic mass is 10.1. The van der Waals surface area contributed by atoms with Crippen LogP contribution >= 0.6 is 0 Å². The number of carbonyl (C=O) groups is 1. The Labute approximate surface area is 220 Å². The van der Waals surface area contributed by atoms with E-state index >= 15 is 0 Å². The highest BCUT2D eigenvalue weighted by molar-refractivity contribution is 5.91. The Morgan fingerprint density at radius 1 is 1.13 bits per heavy atom. The first kappa shape index (κ1) is 26.6. The van der Waals surface area contributed by atoms with E-state index < -0.39 is 6.04 Å². The van der Waals surface area contributed by atoms with Crippen LogP contribution < -0.4 is 20.7 Å². The molecule has 4 heterocycles. The van der Waals surface area contributed by atoms with Gasteiger partial charge in [0, 0.05) is 49.5 Å². The molecule has 1 atom stereocenters. The molecule has 0 saturated carbocycles. The predicted molar refractivity (Wildman–Crippen MR) is 150 cm³/mol. The highest BCUT2D eigenvalue weighted by Crippen LogP contribution is 2.27. The summed E-state index contributed by atoms with van der Waals surface area (Å²) in [5.74, 6) is 1.91. The summed E-state index contributed by atoms with van der Waals surface area (Å²) in [6, 6.07) is 11.9. The molecule has 3 aromatic heterocycles. The zero-order valence-electron chi connectivity index (χ0n) is 21.6. The molecule has 6 rings (SSSR count). The molecule has 1 fully saturated rings. The summed E-state index contributed by atoms with van der Waals surface area (Å²) in [6.45, 7) is 2.18. The first-order valence-electron chi connectivity index (χ1n) is 12.4. The van der Waals surface area contributed by atoms with Crippen molar-refractivity contribution >= 4 is 39.7 Å². The Hall–Kier alpha value is -4.51. The molecule has 0 unspecified atom stereocenters. The van der Waals surface area contributed by atoms with E-state index in [0.717, 1.165) is 58.9 Å². The van der Waals surface area contributed by atoms with Crippen LogP contribution in [0.1, 0.15) is 18.5 Å². The van der Waals surface area contributed by atoms with Crippen molar-refractivity contribution in [2.24, 2.45) is 5.73 Å². The van der Waals surface area contributed by atoms with Crippen LogP contribution in [-0.2, 0) is 11.2 Å². The molecule has 2 aromatic carbocycles. The van der Waals surface area contributed by atoms with Gasteiger partial charge in [-0.15, -0.1) is 0 Å². The molecule has 11 nitrogen and oxygen atoms in total. The molecule has 11 heteroatoms. The maximum atomic E-state index is 10.1. The van der Waals surface area contributed by atoms with Gasteiger partial charge in [0.15, 0.2) is 11.5 Å². The SMILES string of the molecule is CNc1ccc2cccc(OC)c2c1.N[C@H](C=O)Cc1cnc[nH]1.c1nc(N2CCCC2)c2[nH]cnc2n1. The van der Waals surface area contributed by atoms with E-state index in [0.29, 0.717) is 6.42 Å². The van der Waals surface area contributed by atoms with Crippen molar-refractivity contribution in [3.8, 4) is 5.75 Å². The quantitative estimate of drug-likeness (QED) is 0.250. The summed E-state index contributed by atoms with van der Waals surface area (Å²) in [4.78, 5) is 34.6.